The van der Waals surface area contributed by atoms with Crippen molar-refractivity contribution in [3.05, 3.63) is 29.0 Å². The van der Waals surface area contributed by atoms with Crippen LogP contribution >= 0.6 is 11.6 Å². The van der Waals surface area contributed by atoms with Crippen LogP contribution in [0.25, 0.3) is 0 Å². The first-order valence-electron chi connectivity index (χ1n) is 6.73. The summed E-state index contributed by atoms with van der Waals surface area (Å²) in [4.78, 5) is 20.4. The maximum absolute atomic E-state index is 12.3. The third-order valence-electron chi connectivity index (χ3n) is 3.27. The van der Waals surface area contributed by atoms with Crippen LogP contribution in [0.15, 0.2) is 18.3 Å². The summed E-state index contributed by atoms with van der Waals surface area (Å²) in [6.45, 7) is 2.77. The number of nitrogens with zero attached hydrogens (tertiary/aromatic N) is 3. The first-order valence-corrected chi connectivity index (χ1v) is 7.11. The summed E-state index contributed by atoms with van der Waals surface area (Å²) in [7, 11) is 4.06. The molecular formula is C14H20ClN3O2. The maximum Gasteiger partial charge on any atom is 0.272 e. The van der Waals surface area contributed by atoms with Gasteiger partial charge in [0.1, 0.15) is 5.69 Å². The molecule has 0 radical (unpaired) electrons. The van der Waals surface area contributed by atoms with Crippen molar-refractivity contribution in [1.82, 2.24) is 14.8 Å². The van der Waals surface area contributed by atoms with Crippen molar-refractivity contribution in [1.29, 1.82) is 0 Å². The first kappa shape index (κ1) is 15.2. The molecule has 1 aliphatic rings. The summed E-state index contributed by atoms with van der Waals surface area (Å²) in [6, 6.07) is 3.35. The molecule has 1 amide bonds. The molecule has 0 spiro atoms. The predicted octanol–water partition coefficient (Wildman–Crippen LogP) is 1.53. The van der Waals surface area contributed by atoms with Crippen LogP contribution in [-0.4, -0.2) is 67.1 Å². The van der Waals surface area contributed by atoms with Crippen LogP contribution in [0.1, 0.15) is 16.9 Å². The minimum absolute atomic E-state index is 0.0557. The van der Waals surface area contributed by atoms with E-state index in [0.29, 0.717) is 30.4 Å². The highest BCUT2D eigenvalue weighted by Crippen LogP contribution is 2.13. The second-order valence-electron chi connectivity index (χ2n) is 5.20. The van der Waals surface area contributed by atoms with Crippen LogP contribution < -0.4 is 0 Å². The molecule has 0 bridgehead atoms. The molecular weight excluding hydrogens is 278 g/mol. The summed E-state index contributed by atoms with van der Waals surface area (Å²) in [5.41, 5.74) is 0.433. The van der Waals surface area contributed by atoms with E-state index in [2.05, 4.69) is 9.88 Å². The molecule has 1 aromatic heterocycles. The Bertz CT molecular complexity index is 450. The van der Waals surface area contributed by atoms with Crippen LogP contribution in [0, 0.1) is 0 Å². The van der Waals surface area contributed by atoms with Gasteiger partial charge in [-0.15, -0.1) is 0 Å². The van der Waals surface area contributed by atoms with Gasteiger partial charge in [0.25, 0.3) is 5.91 Å². The quantitative estimate of drug-likeness (QED) is 0.845. The molecule has 0 saturated carbocycles. The third-order valence-corrected chi connectivity index (χ3v) is 3.49. The number of hydrogen-bond acceptors (Lipinski definition) is 4. The first-order chi connectivity index (χ1) is 9.56. The van der Waals surface area contributed by atoms with Crippen molar-refractivity contribution >= 4 is 17.5 Å². The molecule has 0 N–H and O–H groups in total. The summed E-state index contributed by atoms with van der Waals surface area (Å²) >= 11 is 5.78. The van der Waals surface area contributed by atoms with Gasteiger partial charge in [0.2, 0.25) is 0 Å². The van der Waals surface area contributed by atoms with E-state index < -0.39 is 0 Å². The number of rotatable bonds is 4. The molecule has 1 fully saturated rings. The molecule has 110 valence electrons. The van der Waals surface area contributed by atoms with Gasteiger partial charge in [0.15, 0.2) is 0 Å². The molecule has 1 aliphatic heterocycles. The summed E-state index contributed by atoms with van der Waals surface area (Å²) in [5.74, 6) is -0.0557. The second kappa shape index (κ2) is 7.02. The standard InChI is InChI=1S/C14H20ClN3O2/c1-17(2)6-5-12-10-18(7-8-20-12)14(19)13-4-3-11(15)9-16-13/h3-4,9,12H,5-8,10H2,1-2H3. The molecule has 2 rings (SSSR count). The average Bonchev–Trinajstić information content (AvgIpc) is 2.45. The lowest BCUT2D eigenvalue weighted by Crippen LogP contribution is -2.46. The number of ether oxygens (including phenoxy) is 1. The second-order valence-corrected chi connectivity index (χ2v) is 5.63. The van der Waals surface area contributed by atoms with Crippen molar-refractivity contribution in [2.75, 3.05) is 40.3 Å². The molecule has 20 heavy (non-hydrogen) atoms. The number of carbonyl (C=O) groups excluding carboxylic acids is 1. The molecule has 5 nitrogen and oxygen atoms in total. The molecule has 1 saturated heterocycles. The van der Waals surface area contributed by atoms with E-state index in [1.165, 1.54) is 6.20 Å². The van der Waals surface area contributed by atoms with Crippen molar-refractivity contribution < 1.29 is 9.53 Å². The fourth-order valence-electron chi connectivity index (χ4n) is 2.14. The highest BCUT2D eigenvalue weighted by atomic mass is 35.5. The Kier molecular flexibility index (Phi) is 5.34. The van der Waals surface area contributed by atoms with Crippen LogP contribution in [-0.2, 0) is 4.74 Å². The van der Waals surface area contributed by atoms with Crippen molar-refractivity contribution in [2.45, 2.75) is 12.5 Å². The van der Waals surface area contributed by atoms with Crippen LogP contribution in [0.5, 0.6) is 0 Å². The molecule has 1 aromatic rings. The van der Waals surface area contributed by atoms with E-state index in [1.54, 1.807) is 17.0 Å². The highest BCUT2D eigenvalue weighted by molar-refractivity contribution is 6.30. The summed E-state index contributed by atoms with van der Waals surface area (Å²) < 4.78 is 5.70. The van der Waals surface area contributed by atoms with Crippen molar-refractivity contribution in [3.63, 3.8) is 0 Å². The maximum atomic E-state index is 12.3. The van der Waals surface area contributed by atoms with E-state index in [4.69, 9.17) is 16.3 Å². The van der Waals surface area contributed by atoms with Gasteiger partial charge in [0.05, 0.1) is 17.7 Å². The van der Waals surface area contributed by atoms with Crippen LogP contribution in [0.3, 0.4) is 0 Å². The highest BCUT2D eigenvalue weighted by Gasteiger charge is 2.25. The van der Waals surface area contributed by atoms with Gasteiger partial charge in [-0.1, -0.05) is 11.6 Å². The number of morpholine rings is 1. The van der Waals surface area contributed by atoms with E-state index in [1.807, 2.05) is 14.1 Å². The third kappa shape index (κ3) is 4.16. The fraction of sp³-hybridized carbons (Fsp3) is 0.571. The average molecular weight is 298 g/mol. The van der Waals surface area contributed by atoms with E-state index in [-0.39, 0.29) is 12.0 Å². The Morgan fingerprint density at radius 1 is 1.55 bits per heavy atom. The Labute approximate surface area is 124 Å². The van der Waals surface area contributed by atoms with Crippen molar-refractivity contribution in [2.24, 2.45) is 0 Å². The number of amides is 1. The van der Waals surface area contributed by atoms with Gasteiger partial charge in [-0.2, -0.15) is 0 Å². The van der Waals surface area contributed by atoms with Crippen molar-refractivity contribution in [3.8, 4) is 0 Å². The molecule has 1 unspecified atom stereocenters. The molecule has 2 heterocycles. The lowest BCUT2D eigenvalue weighted by atomic mass is 10.2. The Morgan fingerprint density at radius 3 is 3.00 bits per heavy atom. The molecule has 0 aromatic carbocycles. The van der Waals surface area contributed by atoms with Gasteiger partial charge in [-0.05, 0) is 32.6 Å². The van der Waals surface area contributed by atoms with Crippen LogP contribution in [0.2, 0.25) is 5.02 Å². The normalized spacial score (nSPS) is 19.4. The zero-order chi connectivity index (χ0) is 14.5. The summed E-state index contributed by atoms with van der Waals surface area (Å²) in [6.07, 6.45) is 2.52. The van der Waals surface area contributed by atoms with E-state index in [0.717, 1.165) is 13.0 Å². The molecule has 0 aliphatic carbocycles. The van der Waals surface area contributed by atoms with Crippen LogP contribution in [0.4, 0.5) is 0 Å². The fourth-order valence-corrected chi connectivity index (χ4v) is 2.26. The smallest absolute Gasteiger partial charge is 0.272 e. The van der Waals surface area contributed by atoms with Gasteiger partial charge in [-0.25, -0.2) is 4.98 Å². The van der Waals surface area contributed by atoms with E-state index >= 15 is 0 Å². The molecule has 1 atom stereocenters. The van der Waals surface area contributed by atoms with Gasteiger partial charge >= 0.3 is 0 Å². The van der Waals surface area contributed by atoms with Gasteiger partial charge in [-0.3, -0.25) is 4.79 Å². The zero-order valence-corrected chi connectivity index (χ0v) is 12.6. The SMILES string of the molecule is CN(C)CCC1CN(C(=O)c2ccc(Cl)cn2)CCO1. The minimum atomic E-state index is -0.0557. The zero-order valence-electron chi connectivity index (χ0n) is 11.9. The summed E-state index contributed by atoms with van der Waals surface area (Å²) in [5, 5.41) is 0.535. The Balaban J connectivity index is 1.94. The number of hydrogen-bond donors (Lipinski definition) is 0. The predicted molar refractivity (Wildman–Crippen MR) is 78.1 cm³/mol. The largest absolute Gasteiger partial charge is 0.374 e. The minimum Gasteiger partial charge on any atom is -0.374 e. The van der Waals surface area contributed by atoms with Gasteiger partial charge in [0, 0.05) is 25.8 Å². The molecule has 6 heteroatoms. The number of pyridine rings is 1. The number of halogens is 1. The number of aromatic nitrogens is 1. The Morgan fingerprint density at radius 2 is 2.35 bits per heavy atom. The number of carbonyl (C=O) groups is 1. The van der Waals surface area contributed by atoms with E-state index in [9.17, 15) is 4.79 Å². The lowest BCUT2D eigenvalue weighted by molar-refractivity contribution is -0.0271. The topological polar surface area (TPSA) is 45.7 Å². The monoisotopic (exact) mass is 297 g/mol. The Hall–Kier alpha value is -1.17. The lowest BCUT2D eigenvalue weighted by Gasteiger charge is -2.33. The van der Waals surface area contributed by atoms with Gasteiger partial charge < -0.3 is 14.5 Å².